The average molecular weight is 568 g/mol. The van der Waals surface area contributed by atoms with E-state index in [4.69, 9.17) is 11.2 Å². The third-order valence-electron chi connectivity index (χ3n) is 6.88. The van der Waals surface area contributed by atoms with E-state index >= 15 is 0 Å². The molecule has 0 saturated carbocycles. The van der Waals surface area contributed by atoms with E-state index in [0.717, 1.165) is 11.1 Å². The van der Waals surface area contributed by atoms with Crippen LogP contribution in [0.25, 0.3) is 0 Å². The molecular formula is C29H34FN5O4S. The molecule has 4 amide bonds. The molecule has 2 aromatic carbocycles. The number of urea groups is 1. The largest absolute Gasteiger partial charge is 0.375 e. The van der Waals surface area contributed by atoms with Gasteiger partial charge in [0, 0.05) is 13.1 Å². The maximum Gasteiger partial charge on any atom is 0.334 e. The summed E-state index contributed by atoms with van der Waals surface area (Å²) >= 11 is 1.59. The zero-order valence-corrected chi connectivity index (χ0v) is 23.3. The third-order valence-corrected chi connectivity index (χ3v) is 7.53. The van der Waals surface area contributed by atoms with Gasteiger partial charge in [-0.15, -0.1) is 6.42 Å². The van der Waals surface area contributed by atoms with Gasteiger partial charge in [0.15, 0.2) is 0 Å². The van der Waals surface area contributed by atoms with Gasteiger partial charge in [-0.2, -0.15) is 16.8 Å². The zero-order valence-electron chi connectivity index (χ0n) is 22.5. The molecule has 2 fully saturated rings. The predicted molar refractivity (Wildman–Crippen MR) is 151 cm³/mol. The van der Waals surface area contributed by atoms with Crippen LogP contribution in [-0.2, 0) is 27.5 Å². The van der Waals surface area contributed by atoms with Crippen molar-refractivity contribution in [1.29, 1.82) is 0 Å². The van der Waals surface area contributed by atoms with Gasteiger partial charge in [-0.05, 0) is 41.7 Å². The van der Waals surface area contributed by atoms with Gasteiger partial charge >= 0.3 is 6.03 Å². The van der Waals surface area contributed by atoms with Crippen molar-refractivity contribution in [3.63, 3.8) is 0 Å². The molecule has 9 nitrogen and oxygen atoms in total. The van der Waals surface area contributed by atoms with Crippen molar-refractivity contribution in [2.45, 2.75) is 31.8 Å². The van der Waals surface area contributed by atoms with Crippen molar-refractivity contribution < 1.29 is 23.5 Å². The van der Waals surface area contributed by atoms with Gasteiger partial charge in [-0.25, -0.2) is 14.2 Å². The van der Waals surface area contributed by atoms with Crippen LogP contribution in [0.15, 0.2) is 54.6 Å². The predicted octanol–water partition coefficient (Wildman–Crippen LogP) is 2.54. The van der Waals surface area contributed by atoms with E-state index in [-0.39, 0.29) is 57.0 Å². The first-order valence-electron chi connectivity index (χ1n) is 13.1. The van der Waals surface area contributed by atoms with E-state index in [1.807, 2.05) is 36.6 Å². The standard InChI is InChI=1S/C29H34FN5O4S/c1-3-14-33-20-27(36)34-25(13-17-40-2)28(37)32(15-16-39-21-23-9-11-24(30)12-10-23)19-26(34)35(33)29(38)31-18-22-7-5-4-6-8-22/h1,4-12,25-26H,13-21H2,2H3,(H,31,38)/t25-,26-/m0/s1. The topological polar surface area (TPSA) is 85.4 Å². The van der Waals surface area contributed by atoms with Crippen molar-refractivity contribution in [3.8, 4) is 12.3 Å². The number of terminal acetylenes is 1. The molecule has 0 bridgehead atoms. The number of nitrogens with one attached hydrogen (secondary N) is 1. The number of rotatable bonds is 11. The molecule has 2 heterocycles. The second-order valence-electron chi connectivity index (χ2n) is 9.56. The summed E-state index contributed by atoms with van der Waals surface area (Å²) in [5.74, 6) is 2.50. The van der Waals surface area contributed by atoms with E-state index < -0.39 is 18.2 Å². The second kappa shape index (κ2) is 14.2. The fourth-order valence-electron chi connectivity index (χ4n) is 4.94. The lowest BCUT2D eigenvalue weighted by atomic mass is 10.0. The molecule has 0 radical (unpaired) electrons. The summed E-state index contributed by atoms with van der Waals surface area (Å²) in [5, 5.41) is 6.00. The number of hydrogen-bond donors (Lipinski definition) is 1. The molecule has 2 aromatic rings. The summed E-state index contributed by atoms with van der Waals surface area (Å²) in [6.07, 6.45) is 7.29. The molecule has 212 valence electrons. The molecule has 0 spiro atoms. The minimum Gasteiger partial charge on any atom is -0.375 e. The van der Waals surface area contributed by atoms with E-state index in [0.29, 0.717) is 18.7 Å². The van der Waals surface area contributed by atoms with Gasteiger partial charge < -0.3 is 19.9 Å². The lowest BCUT2D eigenvalue weighted by molar-refractivity contribution is -0.189. The number of amides is 4. The van der Waals surface area contributed by atoms with Crippen LogP contribution in [0, 0.1) is 18.2 Å². The van der Waals surface area contributed by atoms with Crippen molar-refractivity contribution in [2.75, 3.05) is 44.8 Å². The maximum absolute atomic E-state index is 13.6. The number of nitrogens with zero attached hydrogens (tertiary/aromatic N) is 4. The number of carbonyl (C=O) groups excluding carboxylic acids is 3. The first kappa shape index (κ1) is 29.4. The Morgan fingerprint density at radius 3 is 2.60 bits per heavy atom. The first-order valence-corrected chi connectivity index (χ1v) is 14.5. The third kappa shape index (κ3) is 7.13. The summed E-state index contributed by atoms with van der Waals surface area (Å²) in [7, 11) is 0. The first-order chi connectivity index (χ1) is 19.4. The van der Waals surface area contributed by atoms with Crippen LogP contribution in [0.4, 0.5) is 9.18 Å². The minimum atomic E-state index is -0.716. The van der Waals surface area contributed by atoms with E-state index in [2.05, 4.69) is 11.2 Å². The van der Waals surface area contributed by atoms with Crippen LogP contribution in [0.2, 0.25) is 0 Å². The molecular weight excluding hydrogens is 533 g/mol. The van der Waals surface area contributed by atoms with Crippen molar-refractivity contribution in [2.24, 2.45) is 0 Å². The lowest BCUT2D eigenvalue weighted by Crippen LogP contribution is -2.76. The van der Waals surface area contributed by atoms with Gasteiger partial charge in [0.2, 0.25) is 11.8 Å². The summed E-state index contributed by atoms with van der Waals surface area (Å²) < 4.78 is 19.0. The quantitative estimate of drug-likeness (QED) is 0.332. The number of carbonyl (C=O) groups is 3. The Hall–Kier alpha value is -3.59. The Bertz CT molecular complexity index is 1210. The van der Waals surface area contributed by atoms with Gasteiger partial charge in [0.25, 0.3) is 0 Å². The molecule has 1 N–H and O–H groups in total. The van der Waals surface area contributed by atoms with Crippen LogP contribution < -0.4 is 5.32 Å². The van der Waals surface area contributed by atoms with E-state index in [1.165, 1.54) is 17.1 Å². The van der Waals surface area contributed by atoms with Crippen LogP contribution in [0.5, 0.6) is 0 Å². The fraction of sp³-hybridized carbons (Fsp3) is 0.414. The van der Waals surface area contributed by atoms with Gasteiger partial charge in [0.05, 0.1) is 32.8 Å². The molecule has 11 heteroatoms. The summed E-state index contributed by atoms with van der Waals surface area (Å²) in [6.45, 7) is 1.20. The molecule has 2 saturated heterocycles. The molecule has 2 aliphatic rings. The zero-order chi connectivity index (χ0) is 28.5. The van der Waals surface area contributed by atoms with Gasteiger partial charge in [-0.1, -0.05) is 48.4 Å². The van der Waals surface area contributed by atoms with Gasteiger partial charge in [-0.3, -0.25) is 9.59 Å². The van der Waals surface area contributed by atoms with E-state index in [1.54, 1.807) is 38.7 Å². The normalized spacial score (nSPS) is 19.4. The molecule has 0 aliphatic carbocycles. The van der Waals surface area contributed by atoms with Crippen molar-refractivity contribution >= 4 is 29.6 Å². The smallest absolute Gasteiger partial charge is 0.334 e. The van der Waals surface area contributed by atoms with Crippen molar-refractivity contribution in [1.82, 2.24) is 25.1 Å². The average Bonchev–Trinajstić information content (AvgIpc) is 2.96. The molecule has 2 aliphatic heterocycles. The summed E-state index contributed by atoms with van der Waals surface area (Å²) in [6, 6.07) is 14.5. The summed E-state index contributed by atoms with van der Waals surface area (Å²) in [5.41, 5.74) is 1.75. The number of hydrazine groups is 1. The Kier molecular flexibility index (Phi) is 10.4. The minimum absolute atomic E-state index is 0.0685. The van der Waals surface area contributed by atoms with E-state index in [9.17, 15) is 18.8 Å². The molecule has 4 rings (SSSR count). The molecule has 0 unspecified atom stereocenters. The highest BCUT2D eigenvalue weighted by Crippen LogP contribution is 2.28. The van der Waals surface area contributed by atoms with Crippen LogP contribution in [0.3, 0.4) is 0 Å². The highest BCUT2D eigenvalue weighted by Gasteiger charge is 2.51. The van der Waals surface area contributed by atoms with Crippen molar-refractivity contribution in [3.05, 3.63) is 71.5 Å². The molecule has 40 heavy (non-hydrogen) atoms. The monoisotopic (exact) mass is 567 g/mol. The Morgan fingerprint density at radius 1 is 1.15 bits per heavy atom. The number of piperazine rings is 1. The molecule has 0 aromatic heterocycles. The van der Waals surface area contributed by atoms with Crippen LogP contribution in [0.1, 0.15) is 17.5 Å². The number of ether oxygens (including phenoxy) is 1. The second-order valence-corrected chi connectivity index (χ2v) is 10.5. The summed E-state index contributed by atoms with van der Waals surface area (Å²) in [4.78, 5) is 43.7. The Balaban J connectivity index is 1.51. The fourth-order valence-corrected chi connectivity index (χ4v) is 5.40. The highest BCUT2D eigenvalue weighted by atomic mass is 32.2. The lowest BCUT2D eigenvalue weighted by Gasteiger charge is -2.54. The molecule has 2 atom stereocenters. The SMILES string of the molecule is C#CCN1CC(=O)N2[C@@H](CCSC)C(=O)N(CCOCc3ccc(F)cc3)C[C@@H]2N1C(=O)NCc1ccccc1. The Labute approximate surface area is 238 Å². The van der Waals surface area contributed by atoms with Crippen LogP contribution >= 0.6 is 11.8 Å². The number of halogens is 1. The van der Waals surface area contributed by atoms with Crippen LogP contribution in [-0.4, -0.2) is 94.7 Å². The number of fused-ring (bicyclic) bond motifs is 1. The maximum atomic E-state index is 13.6. The number of thioether (sulfide) groups is 1. The Morgan fingerprint density at radius 2 is 1.90 bits per heavy atom. The highest BCUT2D eigenvalue weighted by molar-refractivity contribution is 7.98. The number of hydrogen-bond acceptors (Lipinski definition) is 6. The van der Waals surface area contributed by atoms with Gasteiger partial charge in [0.1, 0.15) is 18.0 Å². The number of benzene rings is 2.